The van der Waals surface area contributed by atoms with Gasteiger partial charge in [-0.15, -0.1) is 0 Å². The minimum atomic E-state index is -0.552. The molecule has 0 unspecified atom stereocenters. The normalized spacial score (nSPS) is 14.8. The number of anilines is 1. The van der Waals surface area contributed by atoms with Gasteiger partial charge in [-0.05, 0) is 74.2 Å². The van der Waals surface area contributed by atoms with Gasteiger partial charge in [0.2, 0.25) is 5.28 Å². The first-order chi connectivity index (χ1) is 15.7. The van der Waals surface area contributed by atoms with E-state index in [1.165, 1.54) is 0 Å². The molecule has 33 heavy (non-hydrogen) atoms. The molecule has 2 aromatic carbocycles. The predicted octanol–water partition coefficient (Wildman–Crippen LogP) is 5.33. The first kappa shape index (κ1) is 23.0. The second-order valence-electron chi connectivity index (χ2n) is 9.12. The molecule has 0 bridgehead atoms. The van der Waals surface area contributed by atoms with Crippen LogP contribution < -0.4 is 4.90 Å². The van der Waals surface area contributed by atoms with Crippen molar-refractivity contribution >= 4 is 40.2 Å². The lowest BCUT2D eigenvalue weighted by molar-refractivity contribution is 0.0205. The van der Waals surface area contributed by atoms with E-state index in [0.717, 1.165) is 10.8 Å². The van der Waals surface area contributed by atoms with Gasteiger partial charge >= 0.3 is 6.09 Å². The molecule has 0 N–H and O–H groups in total. The topological polar surface area (TPSA) is 75.6 Å². The zero-order valence-corrected chi connectivity index (χ0v) is 19.7. The van der Waals surface area contributed by atoms with Crippen LogP contribution >= 0.6 is 11.6 Å². The van der Waals surface area contributed by atoms with Crippen LogP contribution in [0.15, 0.2) is 54.7 Å². The molecule has 2 amide bonds. The predicted molar refractivity (Wildman–Crippen MR) is 129 cm³/mol. The quantitative estimate of drug-likeness (QED) is 0.487. The monoisotopic (exact) mass is 466 g/mol. The fourth-order valence-corrected chi connectivity index (χ4v) is 4.15. The van der Waals surface area contributed by atoms with Crippen molar-refractivity contribution in [1.82, 2.24) is 14.9 Å². The first-order valence-electron chi connectivity index (χ1n) is 11.0. The molecule has 1 saturated heterocycles. The summed E-state index contributed by atoms with van der Waals surface area (Å²) in [5, 5.41) is 2.13. The van der Waals surface area contributed by atoms with E-state index in [0.29, 0.717) is 37.3 Å². The lowest BCUT2D eigenvalue weighted by Gasteiger charge is -2.38. The van der Waals surface area contributed by atoms with Crippen molar-refractivity contribution in [3.63, 3.8) is 0 Å². The largest absolute Gasteiger partial charge is 0.444 e. The number of nitrogens with zero attached hydrogens (tertiary/aromatic N) is 4. The first-order valence-corrected chi connectivity index (χ1v) is 11.4. The number of carbonyl (C=O) groups is 2. The van der Waals surface area contributed by atoms with Crippen molar-refractivity contribution in [2.24, 2.45) is 0 Å². The molecule has 3 aromatic rings. The summed E-state index contributed by atoms with van der Waals surface area (Å²) in [5.41, 5.74) is 0.0157. The molecule has 4 rings (SSSR count). The summed E-state index contributed by atoms with van der Waals surface area (Å²) < 4.78 is 5.50. The Bertz CT molecular complexity index is 1170. The zero-order chi connectivity index (χ0) is 23.6. The number of fused-ring (bicyclic) bond motifs is 1. The summed E-state index contributed by atoms with van der Waals surface area (Å²) in [5.74, 6) is 0.287. The molecule has 7 nitrogen and oxygen atoms in total. The van der Waals surface area contributed by atoms with Crippen LogP contribution in [0.25, 0.3) is 10.8 Å². The van der Waals surface area contributed by atoms with E-state index in [9.17, 15) is 9.59 Å². The van der Waals surface area contributed by atoms with Crippen LogP contribution in [0.2, 0.25) is 5.28 Å². The maximum absolute atomic E-state index is 13.7. The smallest absolute Gasteiger partial charge is 0.410 e. The highest BCUT2D eigenvalue weighted by molar-refractivity contribution is 6.28. The Balaban J connectivity index is 1.59. The zero-order valence-electron chi connectivity index (χ0n) is 19.0. The number of likely N-dealkylation sites (tertiary alicyclic amines) is 1. The molecule has 0 atom stereocenters. The third-order valence-electron chi connectivity index (χ3n) is 5.55. The van der Waals surface area contributed by atoms with Gasteiger partial charge in [-0.25, -0.2) is 14.8 Å². The lowest BCUT2D eigenvalue weighted by atomic mass is 10.0. The highest BCUT2D eigenvalue weighted by atomic mass is 35.5. The van der Waals surface area contributed by atoms with Crippen molar-refractivity contribution < 1.29 is 14.3 Å². The Kier molecular flexibility index (Phi) is 6.51. The van der Waals surface area contributed by atoms with Gasteiger partial charge in [-0.3, -0.25) is 9.69 Å². The van der Waals surface area contributed by atoms with Crippen molar-refractivity contribution in [3.8, 4) is 0 Å². The number of rotatable bonds is 3. The fourth-order valence-electron chi connectivity index (χ4n) is 4.01. The molecule has 1 fully saturated rings. The van der Waals surface area contributed by atoms with E-state index in [4.69, 9.17) is 16.3 Å². The van der Waals surface area contributed by atoms with Gasteiger partial charge in [0, 0.05) is 30.9 Å². The van der Waals surface area contributed by atoms with E-state index in [2.05, 4.69) is 9.97 Å². The Hall–Kier alpha value is -3.19. The Morgan fingerprint density at radius 1 is 1.06 bits per heavy atom. The summed E-state index contributed by atoms with van der Waals surface area (Å²) in [7, 11) is 0. The lowest BCUT2D eigenvalue weighted by Crippen LogP contribution is -2.50. The number of amides is 2. The molecule has 1 aliphatic rings. The molecule has 1 aromatic heterocycles. The molecular formula is C25H27ClN4O3. The van der Waals surface area contributed by atoms with Gasteiger partial charge in [-0.1, -0.05) is 30.3 Å². The van der Waals surface area contributed by atoms with Gasteiger partial charge in [0.25, 0.3) is 5.91 Å². The van der Waals surface area contributed by atoms with Crippen molar-refractivity contribution in [2.75, 3.05) is 18.0 Å². The Morgan fingerprint density at radius 3 is 2.42 bits per heavy atom. The second kappa shape index (κ2) is 9.35. The summed E-state index contributed by atoms with van der Waals surface area (Å²) in [6.07, 6.45) is 2.40. The van der Waals surface area contributed by atoms with E-state index in [-0.39, 0.29) is 23.3 Å². The minimum absolute atomic E-state index is 0.0787. The van der Waals surface area contributed by atoms with Crippen LogP contribution in [-0.4, -0.2) is 51.6 Å². The number of ether oxygens (including phenoxy) is 1. The number of halogens is 1. The summed E-state index contributed by atoms with van der Waals surface area (Å²) in [6.45, 7) is 6.52. The van der Waals surface area contributed by atoms with E-state index in [1.807, 2.05) is 63.2 Å². The van der Waals surface area contributed by atoms with Gasteiger partial charge in [0.1, 0.15) is 11.4 Å². The summed E-state index contributed by atoms with van der Waals surface area (Å²) in [6, 6.07) is 15.1. The van der Waals surface area contributed by atoms with Crippen molar-refractivity contribution in [3.05, 3.63) is 65.6 Å². The SMILES string of the molecule is CC(C)(C)OC(=O)N1CCC(N(C(=O)c2ccc3ccccc3c2)c2ccnc(Cl)n2)CC1. The summed E-state index contributed by atoms with van der Waals surface area (Å²) >= 11 is 6.05. The van der Waals surface area contributed by atoms with Crippen molar-refractivity contribution in [2.45, 2.75) is 45.3 Å². The van der Waals surface area contributed by atoms with Crippen LogP contribution in [0.1, 0.15) is 44.0 Å². The van der Waals surface area contributed by atoms with Gasteiger partial charge < -0.3 is 9.64 Å². The number of aromatic nitrogens is 2. The number of hydrogen-bond donors (Lipinski definition) is 0. The molecule has 2 heterocycles. The molecule has 8 heteroatoms. The van der Waals surface area contributed by atoms with Crippen LogP contribution in [0.3, 0.4) is 0 Å². The number of carbonyl (C=O) groups excluding carboxylic acids is 2. The highest BCUT2D eigenvalue weighted by Gasteiger charge is 2.33. The van der Waals surface area contributed by atoms with Crippen LogP contribution in [0.5, 0.6) is 0 Å². The maximum atomic E-state index is 13.7. The molecule has 0 spiro atoms. The Morgan fingerprint density at radius 2 is 1.76 bits per heavy atom. The average Bonchev–Trinajstić information content (AvgIpc) is 2.78. The van der Waals surface area contributed by atoms with Crippen LogP contribution in [0, 0.1) is 0 Å². The third-order valence-corrected chi connectivity index (χ3v) is 5.74. The molecule has 0 saturated carbocycles. The fraction of sp³-hybridized carbons (Fsp3) is 0.360. The second-order valence-corrected chi connectivity index (χ2v) is 9.46. The van der Waals surface area contributed by atoms with Gasteiger partial charge in [0.05, 0.1) is 0 Å². The minimum Gasteiger partial charge on any atom is -0.444 e. The maximum Gasteiger partial charge on any atom is 0.410 e. The van der Waals surface area contributed by atoms with Gasteiger partial charge in [-0.2, -0.15) is 0 Å². The van der Waals surface area contributed by atoms with Gasteiger partial charge in [0.15, 0.2) is 0 Å². The molecule has 1 aliphatic heterocycles. The molecular weight excluding hydrogens is 440 g/mol. The van der Waals surface area contributed by atoms with Crippen LogP contribution in [0.4, 0.5) is 10.6 Å². The van der Waals surface area contributed by atoms with E-state index < -0.39 is 5.60 Å². The number of hydrogen-bond acceptors (Lipinski definition) is 5. The molecule has 0 aliphatic carbocycles. The number of piperidine rings is 1. The molecule has 0 radical (unpaired) electrons. The third kappa shape index (κ3) is 5.42. The van der Waals surface area contributed by atoms with Crippen LogP contribution in [-0.2, 0) is 4.74 Å². The standard InChI is InChI=1S/C25H27ClN4O3/c1-25(2,3)33-24(32)29-14-11-20(12-15-29)30(21-10-13-27-23(26)28-21)22(31)19-9-8-17-6-4-5-7-18(17)16-19/h4-10,13,16,20H,11-12,14-15H2,1-3H3. The van der Waals surface area contributed by atoms with E-state index >= 15 is 0 Å². The Labute approximate surface area is 198 Å². The van der Waals surface area contributed by atoms with Crippen molar-refractivity contribution in [1.29, 1.82) is 0 Å². The summed E-state index contributed by atoms with van der Waals surface area (Å²) in [4.78, 5) is 37.8. The number of benzene rings is 2. The highest BCUT2D eigenvalue weighted by Crippen LogP contribution is 2.27. The molecule has 172 valence electrons. The van der Waals surface area contributed by atoms with E-state index in [1.54, 1.807) is 22.1 Å². The average molecular weight is 467 g/mol.